The molecule has 0 bridgehead atoms. The highest BCUT2D eigenvalue weighted by Gasteiger charge is 2.12. The Morgan fingerprint density at radius 3 is 2.41 bits per heavy atom. The molecule has 6 rings (SSSR count). The van der Waals surface area contributed by atoms with Gasteiger partial charge in [0.05, 0.1) is 11.3 Å². The van der Waals surface area contributed by atoms with E-state index in [1.165, 1.54) is 0 Å². The van der Waals surface area contributed by atoms with Gasteiger partial charge in [-0.3, -0.25) is 0 Å². The van der Waals surface area contributed by atoms with Gasteiger partial charge < -0.3 is 15.4 Å². The standard InChI is InChI=1S/C31H23ClN6O/c1-33-31-35-17-15-28(38-31)26-10-5-16-34-30(26)39-23-13-11-22(12-14-23)37-29-25-9-3-2-8-24(25)27(19-36-29)20-6-4-7-21(32)18-20/h2-19H,1H3,(H,36,37)(H,33,35,38). The van der Waals surface area contributed by atoms with Crippen molar-refractivity contribution in [2.45, 2.75) is 0 Å². The predicted octanol–water partition coefficient (Wildman–Crippen LogP) is 7.98. The Hall–Kier alpha value is -5.01. The molecule has 0 amide bonds. The van der Waals surface area contributed by atoms with E-state index in [1.807, 2.05) is 85.1 Å². The van der Waals surface area contributed by atoms with E-state index in [4.69, 9.17) is 21.3 Å². The summed E-state index contributed by atoms with van der Waals surface area (Å²) >= 11 is 6.25. The monoisotopic (exact) mass is 530 g/mol. The predicted molar refractivity (Wildman–Crippen MR) is 157 cm³/mol. The van der Waals surface area contributed by atoms with Crippen molar-refractivity contribution < 1.29 is 4.74 Å². The van der Waals surface area contributed by atoms with Crippen LogP contribution in [0.4, 0.5) is 17.5 Å². The molecular formula is C31H23ClN6O. The zero-order valence-electron chi connectivity index (χ0n) is 21.0. The number of pyridine rings is 2. The van der Waals surface area contributed by atoms with Crippen LogP contribution in [0.5, 0.6) is 11.6 Å². The molecule has 0 aliphatic heterocycles. The summed E-state index contributed by atoms with van der Waals surface area (Å²) in [6.45, 7) is 0. The fourth-order valence-corrected chi connectivity index (χ4v) is 4.52. The van der Waals surface area contributed by atoms with Gasteiger partial charge in [0.1, 0.15) is 11.6 Å². The number of hydrogen-bond donors (Lipinski definition) is 2. The number of nitrogens with one attached hydrogen (secondary N) is 2. The first-order valence-electron chi connectivity index (χ1n) is 12.3. The van der Waals surface area contributed by atoms with E-state index in [0.29, 0.717) is 22.6 Å². The number of anilines is 3. The van der Waals surface area contributed by atoms with Crippen LogP contribution in [0.2, 0.25) is 5.02 Å². The van der Waals surface area contributed by atoms with Crippen molar-refractivity contribution in [3.05, 3.63) is 115 Å². The summed E-state index contributed by atoms with van der Waals surface area (Å²) < 4.78 is 6.14. The molecule has 0 spiro atoms. The smallest absolute Gasteiger partial charge is 0.228 e. The zero-order valence-corrected chi connectivity index (χ0v) is 21.7. The normalized spacial score (nSPS) is 10.8. The van der Waals surface area contributed by atoms with Crippen molar-refractivity contribution >= 4 is 39.8 Å². The van der Waals surface area contributed by atoms with Gasteiger partial charge in [-0.2, -0.15) is 0 Å². The maximum Gasteiger partial charge on any atom is 0.228 e. The highest BCUT2D eigenvalue weighted by atomic mass is 35.5. The van der Waals surface area contributed by atoms with Crippen LogP contribution in [0, 0.1) is 0 Å². The van der Waals surface area contributed by atoms with Crippen LogP contribution in [0.3, 0.4) is 0 Å². The van der Waals surface area contributed by atoms with Gasteiger partial charge >= 0.3 is 0 Å². The van der Waals surface area contributed by atoms with Crippen molar-refractivity contribution in [1.29, 1.82) is 0 Å². The second kappa shape index (κ2) is 10.8. The minimum atomic E-state index is 0.461. The lowest BCUT2D eigenvalue weighted by Gasteiger charge is -2.13. The summed E-state index contributed by atoms with van der Waals surface area (Å²) in [4.78, 5) is 17.9. The topological polar surface area (TPSA) is 84.9 Å². The van der Waals surface area contributed by atoms with E-state index in [9.17, 15) is 0 Å². The van der Waals surface area contributed by atoms with Crippen molar-refractivity contribution in [3.63, 3.8) is 0 Å². The van der Waals surface area contributed by atoms with Gasteiger partial charge in [-0.1, -0.05) is 48.0 Å². The van der Waals surface area contributed by atoms with Gasteiger partial charge in [0.15, 0.2) is 0 Å². The summed E-state index contributed by atoms with van der Waals surface area (Å²) in [5.74, 6) is 2.40. The number of ether oxygens (including phenoxy) is 1. The van der Waals surface area contributed by atoms with Crippen LogP contribution in [-0.2, 0) is 0 Å². The largest absolute Gasteiger partial charge is 0.438 e. The second-order valence-electron chi connectivity index (χ2n) is 8.70. The van der Waals surface area contributed by atoms with Crippen LogP contribution in [0.1, 0.15) is 0 Å². The second-order valence-corrected chi connectivity index (χ2v) is 9.14. The Morgan fingerprint density at radius 2 is 1.59 bits per heavy atom. The van der Waals surface area contributed by atoms with Crippen LogP contribution in [-0.4, -0.2) is 27.0 Å². The van der Waals surface area contributed by atoms with Gasteiger partial charge in [-0.15, -0.1) is 0 Å². The minimum absolute atomic E-state index is 0.461. The third kappa shape index (κ3) is 5.21. The summed E-state index contributed by atoms with van der Waals surface area (Å²) in [5.41, 5.74) is 4.42. The summed E-state index contributed by atoms with van der Waals surface area (Å²) in [7, 11) is 1.78. The first-order chi connectivity index (χ1) is 19.2. The van der Waals surface area contributed by atoms with E-state index in [2.05, 4.69) is 37.7 Å². The average Bonchev–Trinajstić information content (AvgIpc) is 2.98. The van der Waals surface area contributed by atoms with Crippen LogP contribution < -0.4 is 15.4 Å². The maximum absolute atomic E-state index is 6.25. The van der Waals surface area contributed by atoms with Crippen molar-refractivity contribution in [2.24, 2.45) is 0 Å². The third-order valence-electron chi connectivity index (χ3n) is 6.19. The Balaban J connectivity index is 1.25. The first kappa shape index (κ1) is 24.3. The number of hydrogen-bond acceptors (Lipinski definition) is 7. The molecule has 3 heterocycles. The quantitative estimate of drug-likeness (QED) is 0.216. The lowest BCUT2D eigenvalue weighted by molar-refractivity contribution is 0.465. The van der Waals surface area contributed by atoms with Crippen molar-refractivity contribution in [3.8, 4) is 34.0 Å². The van der Waals surface area contributed by atoms with Crippen LogP contribution in [0.15, 0.2) is 110 Å². The molecule has 3 aromatic heterocycles. The number of halogens is 1. The minimum Gasteiger partial charge on any atom is -0.438 e. The highest BCUT2D eigenvalue weighted by Crippen LogP contribution is 2.35. The molecule has 6 aromatic rings. The molecule has 3 aromatic carbocycles. The maximum atomic E-state index is 6.25. The Labute approximate surface area is 230 Å². The molecule has 0 atom stereocenters. The lowest BCUT2D eigenvalue weighted by Crippen LogP contribution is -1.98. The van der Waals surface area contributed by atoms with Gasteiger partial charge in [-0.05, 0) is 65.5 Å². The lowest BCUT2D eigenvalue weighted by atomic mass is 10.0. The van der Waals surface area contributed by atoms with Gasteiger partial charge in [0.2, 0.25) is 11.8 Å². The summed E-state index contributed by atoms with van der Waals surface area (Å²) in [6.07, 6.45) is 5.27. The van der Waals surface area contributed by atoms with Crippen LogP contribution >= 0.6 is 11.6 Å². The Kier molecular flexibility index (Phi) is 6.72. The van der Waals surface area contributed by atoms with Gasteiger partial charge in [0.25, 0.3) is 0 Å². The van der Waals surface area contributed by atoms with E-state index >= 15 is 0 Å². The zero-order chi connectivity index (χ0) is 26.6. The first-order valence-corrected chi connectivity index (χ1v) is 12.7. The molecule has 8 heteroatoms. The fourth-order valence-electron chi connectivity index (χ4n) is 4.33. The van der Waals surface area contributed by atoms with Crippen molar-refractivity contribution in [1.82, 2.24) is 19.9 Å². The number of fused-ring (bicyclic) bond motifs is 1. The van der Waals surface area contributed by atoms with E-state index < -0.39 is 0 Å². The Morgan fingerprint density at radius 1 is 0.744 bits per heavy atom. The number of rotatable bonds is 7. The molecule has 0 saturated heterocycles. The molecule has 0 radical (unpaired) electrons. The van der Waals surface area contributed by atoms with Gasteiger partial charge in [-0.25, -0.2) is 19.9 Å². The molecule has 0 fully saturated rings. The summed E-state index contributed by atoms with van der Waals surface area (Å²) in [5, 5.41) is 9.20. The molecular weight excluding hydrogens is 508 g/mol. The summed E-state index contributed by atoms with van der Waals surface area (Å²) in [6, 6.07) is 29.3. The molecule has 0 aliphatic rings. The van der Waals surface area contributed by atoms with E-state index in [-0.39, 0.29) is 0 Å². The SMILES string of the molecule is CNc1nccc(-c2cccnc2Oc2ccc(Nc3ncc(-c4cccc(Cl)c4)c4ccccc34)cc2)n1. The third-order valence-corrected chi connectivity index (χ3v) is 6.42. The number of nitrogens with zero attached hydrogens (tertiary/aromatic N) is 4. The van der Waals surface area contributed by atoms with E-state index in [1.54, 1.807) is 19.4 Å². The Bertz CT molecular complexity index is 1770. The number of aromatic nitrogens is 4. The molecule has 39 heavy (non-hydrogen) atoms. The highest BCUT2D eigenvalue weighted by molar-refractivity contribution is 6.31. The van der Waals surface area contributed by atoms with E-state index in [0.717, 1.165) is 44.7 Å². The van der Waals surface area contributed by atoms with Crippen LogP contribution in [0.25, 0.3) is 33.2 Å². The molecule has 2 N–H and O–H groups in total. The molecule has 0 saturated carbocycles. The molecule has 0 unspecified atom stereocenters. The van der Waals surface area contributed by atoms with Gasteiger partial charge in [0, 0.05) is 47.3 Å². The average molecular weight is 531 g/mol. The molecule has 190 valence electrons. The number of benzene rings is 3. The molecule has 7 nitrogen and oxygen atoms in total. The fraction of sp³-hybridized carbons (Fsp3) is 0.0323. The molecule has 0 aliphatic carbocycles. The van der Waals surface area contributed by atoms with Crippen molar-refractivity contribution in [2.75, 3.05) is 17.7 Å².